The van der Waals surface area contributed by atoms with E-state index in [1.807, 2.05) is 61.5 Å². The van der Waals surface area contributed by atoms with Gasteiger partial charge in [-0.3, -0.25) is 9.59 Å². The van der Waals surface area contributed by atoms with Gasteiger partial charge in [0.2, 0.25) is 11.8 Å². The molecule has 0 saturated carbocycles. The highest BCUT2D eigenvalue weighted by Crippen LogP contribution is 2.46. The smallest absolute Gasteiger partial charge is 0.246 e. The van der Waals surface area contributed by atoms with Gasteiger partial charge in [-0.2, -0.15) is 0 Å². The molecule has 0 spiro atoms. The summed E-state index contributed by atoms with van der Waals surface area (Å²) in [5.41, 5.74) is 5.00. The topological polar surface area (TPSA) is 74.9 Å². The number of aryl methyl sites for hydroxylation is 1. The van der Waals surface area contributed by atoms with E-state index < -0.39 is 12.1 Å². The predicted molar refractivity (Wildman–Crippen MR) is 150 cm³/mol. The second-order valence-corrected chi connectivity index (χ2v) is 10.4. The van der Waals surface area contributed by atoms with Crippen LogP contribution in [-0.4, -0.2) is 59.4 Å². The number of methoxy groups -OCH3 is 2. The molecule has 1 fully saturated rings. The number of nitrogens with zero attached hydrogens (tertiary/aromatic N) is 2. The molecule has 200 valence electrons. The van der Waals surface area contributed by atoms with Crippen molar-refractivity contribution in [1.29, 1.82) is 0 Å². The molecule has 4 aromatic rings. The molecular formula is C32H33N3O4. The Hall–Kier alpha value is -4.26. The van der Waals surface area contributed by atoms with Gasteiger partial charge in [0.15, 0.2) is 0 Å². The number of ether oxygens (including phenoxy) is 2. The Balaban J connectivity index is 1.41. The maximum Gasteiger partial charge on any atom is 0.246 e. The minimum absolute atomic E-state index is 0.00189. The summed E-state index contributed by atoms with van der Waals surface area (Å²) < 4.78 is 11.3. The molecule has 3 heterocycles. The van der Waals surface area contributed by atoms with Crippen LogP contribution in [0.2, 0.25) is 0 Å². The van der Waals surface area contributed by atoms with E-state index in [1.165, 1.54) is 5.56 Å². The third-order valence-corrected chi connectivity index (χ3v) is 8.25. The molecular weight excluding hydrogens is 490 g/mol. The van der Waals surface area contributed by atoms with Crippen molar-refractivity contribution in [3.8, 4) is 11.5 Å². The molecule has 3 unspecified atom stereocenters. The fraction of sp³-hybridized carbons (Fsp3) is 0.312. The summed E-state index contributed by atoms with van der Waals surface area (Å²) >= 11 is 0. The highest BCUT2D eigenvalue weighted by molar-refractivity contribution is 5.98. The van der Waals surface area contributed by atoms with Crippen LogP contribution in [0.3, 0.4) is 0 Å². The number of aromatic nitrogens is 1. The van der Waals surface area contributed by atoms with Crippen molar-refractivity contribution >= 4 is 22.7 Å². The largest absolute Gasteiger partial charge is 0.497 e. The van der Waals surface area contributed by atoms with Crippen LogP contribution in [0, 0.1) is 0 Å². The molecule has 2 aliphatic rings. The molecule has 7 nitrogen and oxygen atoms in total. The second kappa shape index (κ2) is 10.1. The first-order valence-electron chi connectivity index (χ1n) is 13.5. The first-order chi connectivity index (χ1) is 19.0. The van der Waals surface area contributed by atoms with Crippen LogP contribution in [0.4, 0.5) is 0 Å². The summed E-state index contributed by atoms with van der Waals surface area (Å²) in [5, 5.41) is 1.08. The van der Waals surface area contributed by atoms with Crippen LogP contribution in [0.15, 0.2) is 72.8 Å². The van der Waals surface area contributed by atoms with Crippen LogP contribution in [0.25, 0.3) is 10.9 Å². The van der Waals surface area contributed by atoms with E-state index in [4.69, 9.17) is 9.47 Å². The van der Waals surface area contributed by atoms with E-state index in [9.17, 15) is 9.59 Å². The van der Waals surface area contributed by atoms with E-state index in [0.717, 1.165) is 40.6 Å². The number of benzene rings is 3. The molecule has 3 atom stereocenters. The molecule has 1 aromatic heterocycles. The molecule has 0 bridgehead atoms. The standard InChI is InChI=1S/C32H33N3O4/c1-20(13-14-21-9-5-4-6-10-21)34-19-29(36)35-27(32(34)37)18-24-23-11-7-8-12-26(23)33-30(24)31(35)25-17-22(38-2)15-16-28(25)39-3/h4-12,15-17,20,27,31,33H,13-14,18-19H2,1-3H3. The van der Waals surface area contributed by atoms with Crippen molar-refractivity contribution in [1.82, 2.24) is 14.8 Å². The highest BCUT2D eigenvalue weighted by Gasteiger charge is 2.49. The number of rotatable bonds is 7. The molecule has 39 heavy (non-hydrogen) atoms. The summed E-state index contributed by atoms with van der Waals surface area (Å²) in [6.07, 6.45) is 2.11. The van der Waals surface area contributed by atoms with Crippen LogP contribution in [0.1, 0.15) is 41.8 Å². The quantitative estimate of drug-likeness (QED) is 0.374. The molecule has 0 radical (unpaired) electrons. The Bertz CT molecular complexity index is 1530. The summed E-state index contributed by atoms with van der Waals surface area (Å²) in [6.45, 7) is 2.11. The van der Waals surface area contributed by atoms with Crippen molar-refractivity contribution < 1.29 is 19.1 Å². The first kappa shape index (κ1) is 25.0. The minimum atomic E-state index is -0.599. The lowest BCUT2D eigenvalue weighted by atomic mass is 9.85. The van der Waals surface area contributed by atoms with E-state index in [0.29, 0.717) is 17.9 Å². The summed E-state index contributed by atoms with van der Waals surface area (Å²) in [5.74, 6) is 1.24. The lowest BCUT2D eigenvalue weighted by molar-refractivity contribution is -0.160. The SMILES string of the molecule is COc1ccc(OC)c(C2c3[nH]c4ccccc4c3CC3C(=O)N(C(C)CCc4ccccc4)CC(=O)N32)c1. The molecule has 6 rings (SSSR count). The van der Waals surface area contributed by atoms with E-state index in [2.05, 4.69) is 23.2 Å². The number of para-hydroxylation sites is 1. The number of carbonyl (C=O) groups is 2. The van der Waals surface area contributed by atoms with Gasteiger partial charge >= 0.3 is 0 Å². The lowest BCUT2D eigenvalue weighted by Gasteiger charge is -2.48. The fourth-order valence-corrected chi connectivity index (χ4v) is 6.21. The summed E-state index contributed by atoms with van der Waals surface area (Å²) in [6, 6.07) is 22.8. The molecule has 0 aliphatic carbocycles. The number of nitrogens with one attached hydrogen (secondary N) is 1. The van der Waals surface area contributed by atoms with E-state index >= 15 is 0 Å². The average molecular weight is 524 g/mol. The van der Waals surface area contributed by atoms with Gasteiger partial charge in [-0.15, -0.1) is 0 Å². The number of fused-ring (bicyclic) bond motifs is 4. The molecule has 2 amide bonds. The zero-order valence-electron chi connectivity index (χ0n) is 22.5. The Labute approximate surface area is 228 Å². The van der Waals surface area contributed by atoms with Crippen LogP contribution < -0.4 is 9.47 Å². The summed E-state index contributed by atoms with van der Waals surface area (Å²) in [7, 11) is 3.24. The fourth-order valence-electron chi connectivity index (χ4n) is 6.21. The zero-order chi connectivity index (χ0) is 27.1. The van der Waals surface area contributed by atoms with Crippen molar-refractivity contribution in [2.24, 2.45) is 0 Å². The van der Waals surface area contributed by atoms with Gasteiger partial charge in [0.1, 0.15) is 30.1 Å². The predicted octanol–water partition coefficient (Wildman–Crippen LogP) is 4.89. The number of aromatic amines is 1. The third kappa shape index (κ3) is 4.32. The van der Waals surface area contributed by atoms with Crippen molar-refractivity contribution in [3.63, 3.8) is 0 Å². The van der Waals surface area contributed by atoms with Crippen molar-refractivity contribution in [3.05, 3.63) is 95.2 Å². The van der Waals surface area contributed by atoms with E-state index in [1.54, 1.807) is 24.0 Å². The number of H-pyrrole nitrogens is 1. The van der Waals surface area contributed by atoms with Gasteiger partial charge in [0.05, 0.1) is 14.2 Å². The van der Waals surface area contributed by atoms with E-state index in [-0.39, 0.29) is 24.4 Å². The van der Waals surface area contributed by atoms with Gasteiger partial charge in [-0.1, -0.05) is 48.5 Å². The Morgan fingerprint density at radius 1 is 0.974 bits per heavy atom. The lowest BCUT2D eigenvalue weighted by Crippen LogP contribution is -2.64. The molecule has 7 heteroatoms. The Morgan fingerprint density at radius 2 is 1.74 bits per heavy atom. The minimum Gasteiger partial charge on any atom is -0.497 e. The van der Waals surface area contributed by atoms with Crippen LogP contribution >= 0.6 is 0 Å². The summed E-state index contributed by atoms with van der Waals surface area (Å²) in [4.78, 5) is 35.3. The number of piperazine rings is 1. The van der Waals surface area contributed by atoms with Gasteiger partial charge in [-0.05, 0) is 55.2 Å². The van der Waals surface area contributed by atoms with Gasteiger partial charge < -0.3 is 24.3 Å². The monoisotopic (exact) mass is 523 g/mol. The van der Waals surface area contributed by atoms with Crippen molar-refractivity contribution in [2.75, 3.05) is 20.8 Å². The van der Waals surface area contributed by atoms with Crippen LogP contribution in [0.5, 0.6) is 11.5 Å². The second-order valence-electron chi connectivity index (χ2n) is 10.4. The number of amides is 2. The molecule has 3 aromatic carbocycles. The highest BCUT2D eigenvalue weighted by atomic mass is 16.5. The van der Waals surface area contributed by atoms with Gasteiger partial charge in [0, 0.05) is 34.6 Å². The number of carbonyl (C=O) groups excluding carboxylic acids is 2. The van der Waals surface area contributed by atoms with Crippen molar-refractivity contribution in [2.45, 2.75) is 44.3 Å². The van der Waals surface area contributed by atoms with Crippen LogP contribution in [-0.2, 0) is 22.4 Å². The number of hydrogen-bond donors (Lipinski definition) is 1. The Kier molecular flexibility index (Phi) is 6.51. The maximum atomic E-state index is 14.1. The van der Waals surface area contributed by atoms with Gasteiger partial charge in [0.25, 0.3) is 0 Å². The normalized spacial score (nSPS) is 19.6. The zero-order valence-corrected chi connectivity index (χ0v) is 22.5. The Morgan fingerprint density at radius 3 is 2.51 bits per heavy atom. The first-order valence-corrected chi connectivity index (χ1v) is 13.5. The average Bonchev–Trinajstić information content (AvgIpc) is 3.35. The number of hydrogen-bond acceptors (Lipinski definition) is 4. The maximum absolute atomic E-state index is 14.1. The molecule has 2 aliphatic heterocycles. The molecule has 1 saturated heterocycles. The van der Waals surface area contributed by atoms with Gasteiger partial charge in [-0.25, -0.2) is 0 Å². The molecule has 1 N–H and O–H groups in total. The third-order valence-electron chi connectivity index (χ3n) is 8.25.